The molecule has 5 nitrogen and oxygen atoms in total. The van der Waals surface area contributed by atoms with E-state index in [2.05, 4.69) is 0 Å². The molecule has 0 aliphatic rings. The van der Waals surface area contributed by atoms with Crippen LogP contribution in [0.25, 0.3) is 0 Å². The zero-order chi connectivity index (χ0) is 10.6. The molecular formula is C7H16O5Si. The second-order valence-electron chi connectivity index (χ2n) is 3.24. The van der Waals surface area contributed by atoms with E-state index in [0.29, 0.717) is 0 Å². The average Bonchev–Trinajstić information content (AvgIpc) is 2.12. The van der Waals surface area contributed by atoms with Gasteiger partial charge >= 0.3 is 0 Å². The first kappa shape index (κ1) is 12.7. The van der Waals surface area contributed by atoms with E-state index in [1.165, 1.54) is 0 Å². The highest BCUT2D eigenvalue weighted by Crippen LogP contribution is 2.03. The van der Waals surface area contributed by atoms with E-state index in [-0.39, 0.29) is 0 Å². The van der Waals surface area contributed by atoms with Crippen LogP contribution in [-0.4, -0.2) is 59.5 Å². The Labute approximate surface area is 78.2 Å². The minimum atomic E-state index is -1.67. The Bertz CT molecular complexity index is 172. The second kappa shape index (κ2) is 5.46. The molecule has 0 saturated heterocycles. The standard InChI is InChI=1S/C7H16O5Si/c1-13(2)7(12)6(11)5(10)4(9)3-8/h4-6,8-11,13H,3H2,1-2H3. The maximum absolute atomic E-state index is 11.2. The van der Waals surface area contributed by atoms with E-state index in [1.807, 2.05) is 0 Å². The summed E-state index contributed by atoms with van der Waals surface area (Å²) in [4.78, 5) is 11.2. The molecule has 13 heavy (non-hydrogen) atoms. The molecule has 0 aromatic rings. The number of carbonyl (C=O) groups excluding carboxylic acids is 1. The fourth-order valence-corrected chi connectivity index (χ4v) is 1.71. The monoisotopic (exact) mass is 208 g/mol. The minimum absolute atomic E-state index is 0.417. The van der Waals surface area contributed by atoms with Gasteiger partial charge in [0.15, 0.2) is 0 Å². The molecule has 0 heterocycles. The SMILES string of the molecule is C[SiH](C)C(=O)C(O)C(O)C(O)CO. The van der Waals surface area contributed by atoms with Gasteiger partial charge in [0.1, 0.15) is 32.5 Å². The van der Waals surface area contributed by atoms with E-state index >= 15 is 0 Å². The molecule has 0 aliphatic carbocycles. The summed E-state index contributed by atoms with van der Waals surface area (Å²) in [5, 5.41) is 35.3. The Morgan fingerprint density at radius 1 is 1.31 bits per heavy atom. The Balaban J connectivity index is 4.24. The molecule has 0 spiro atoms. The van der Waals surface area contributed by atoms with E-state index in [4.69, 9.17) is 15.3 Å². The Kier molecular flexibility index (Phi) is 5.34. The van der Waals surface area contributed by atoms with Crippen molar-refractivity contribution in [2.45, 2.75) is 31.4 Å². The smallest absolute Gasteiger partial charge is 0.138 e. The number of hydrogen-bond donors (Lipinski definition) is 4. The van der Waals surface area contributed by atoms with Crippen LogP contribution in [0.2, 0.25) is 13.1 Å². The molecule has 0 aromatic heterocycles. The van der Waals surface area contributed by atoms with Gasteiger partial charge in [-0.3, -0.25) is 0 Å². The molecule has 78 valence electrons. The predicted octanol–water partition coefficient (Wildman–Crippen LogP) is -2.34. The minimum Gasteiger partial charge on any atom is -0.394 e. The molecule has 4 N–H and O–H groups in total. The molecule has 0 rings (SSSR count). The molecule has 0 aliphatic heterocycles. The number of rotatable bonds is 5. The van der Waals surface area contributed by atoms with E-state index in [1.54, 1.807) is 13.1 Å². The fraction of sp³-hybridized carbons (Fsp3) is 0.857. The van der Waals surface area contributed by atoms with Crippen LogP contribution in [0.4, 0.5) is 0 Å². The highest BCUT2D eigenvalue weighted by molar-refractivity contribution is 6.88. The summed E-state index contributed by atoms with van der Waals surface area (Å²) in [5.41, 5.74) is 0. The maximum atomic E-state index is 11.2. The van der Waals surface area contributed by atoms with Gasteiger partial charge in [0.2, 0.25) is 0 Å². The summed E-state index contributed by atoms with van der Waals surface area (Å²) < 4.78 is 0. The van der Waals surface area contributed by atoms with Crippen LogP contribution < -0.4 is 0 Å². The zero-order valence-corrected chi connectivity index (χ0v) is 8.87. The third kappa shape index (κ3) is 3.53. The van der Waals surface area contributed by atoms with E-state index < -0.39 is 39.1 Å². The van der Waals surface area contributed by atoms with Crippen molar-refractivity contribution in [2.75, 3.05) is 6.61 Å². The van der Waals surface area contributed by atoms with Crippen LogP contribution in [-0.2, 0) is 4.79 Å². The van der Waals surface area contributed by atoms with Crippen molar-refractivity contribution in [1.29, 1.82) is 0 Å². The third-order valence-corrected chi connectivity index (χ3v) is 3.24. The lowest BCUT2D eigenvalue weighted by Crippen LogP contribution is -2.47. The first-order chi connectivity index (χ1) is 5.91. The molecule has 0 radical (unpaired) electrons. The summed E-state index contributed by atoms with van der Waals surface area (Å²) in [7, 11) is -1.67. The van der Waals surface area contributed by atoms with E-state index in [9.17, 15) is 9.90 Å². The van der Waals surface area contributed by atoms with Crippen molar-refractivity contribution in [1.82, 2.24) is 0 Å². The molecule has 0 fully saturated rings. The number of hydrogen-bond acceptors (Lipinski definition) is 5. The quantitative estimate of drug-likeness (QED) is 0.379. The third-order valence-electron chi connectivity index (χ3n) is 1.77. The maximum Gasteiger partial charge on any atom is 0.138 e. The zero-order valence-electron chi connectivity index (χ0n) is 7.71. The van der Waals surface area contributed by atoms with Gasteiger partial charge in [-0.2, -0.15) is 0 Å². The van der Waals surface area contributed by atoms with Gasteiger partial charge in [0.05, 0.1) is 6.61 Å². The summed E-state index contributed by atoms with van der Waals surface area (Å²) >= 11 is 0. The Hall–Kier alpha value is -0.273. The highest BCUT2D eigenvalue weighted by Gasteiger charge is 2.30. The predicted molar refractivity (Wildman–Crippen MR) is 49.0 cm³/mol. The molecule has 6 heteroatoms. The first-order valence-electron chi connectivity index (χ1n) is 4.10. The van der Waals surface area contributed by atoms with Gasteiger partial charge in [-0.05, 0) is 0 Å². The molecular weight excluding hydrogens is 192 g/mol. The van der Waals surface area contributed by atoms with Crippen molar-refractivity contribution in [3.05, 3.63) is 0 Å². The van der Waals surface area contributed by atoms with Crippen LogP contribution in [0.15, 0.2) is 0 Å². The average molecular weight is 208 g/mol. The number of aliphatic hydroxyl groups excluding tert-OH is 4. The van der Waals surface area contributed by atoms with Crippen LogP contribution in [0.3, 0.4) is 0 Å². The molecule has 0 saturated carbocycles. The molecule has 0 amide bonds. The van der Waals surface area contributed by atoms with Crippen molar-refractivity contribution < 1.29 is 25.2 Å². The Morgan fingerprint density at radius 2 is 1.77 bits per heavy atom. The summed E-state index contributed by atoms with van der Waals surface area (Å²) in [6, 6.07) is 0. The second-order valence-corrected chi connectivity index (χ2v) is 6.12. The van der Waals surface area contributed by atoms with Crippen molar-refractivity contribution >= 4 is 14.2 Å². The van der Waals surface area contributed by atoms with Crippen LogP contribution in [0.1, 0.15) is 0 Å². The molecule has 3 unspecified atom stereocenters. The number of aliphatic hydroxyl groups is 4. The summed E-state index contributed by atoms with van der Waals surface area (Å²) in [6.07, 6.45) is -4.63. The lowest BCUT2D eigenvalue weighted by atomic mass is 10.1. The van der Waals surface area contributed by atoms with Gasteiger partial charge in [0, 0.05) is 0 Å². The molecule has 0 bridgehead atoms. The van der Waals surface area contributed by atoms with Crippen LogP contribution in [0.5, 0.6) is 0 Å². The van der Waals surface area contributed by atoms with E-state index in [0.717, 1.165) is 0 Å². The lowest BCUT2D eigenvalue weighted by molar-refractivity contribution is -0.132. The van der Waals surface area contributed by atoms with Crippen molar-refractivity contribution in [3.63, 3.8) is 0 Å². The van der Waals surface area contributed by atoms with Crippen LogP contribution >= 0.6 is 0 Å². The normalized spacial score (nSPS) is 18.4. The van der Waals surface area contributed by atoms with Gasteiger partial charge < -0.3 is 25.2 Å². The fourth-order valence-electron chi connectivity index (χ4n) is 0.828. The number of carbonyl (C=O) groups is 1. The van der Waals surface area contributed by atoms with Gasteiger partial charge in [-0.25, -0.2) is 0 Å². The largest absolute Gasteiger partial charge is 0.394 e. The highest BCUT2D eigenvalue weighted by atomic mass is 28.3. The molecule has 3 atom stereocenters. The van der Waals surface area contributed by atoms with Gasteiger partial charge in [-0.1, -0.05) is 13.1 Å². The van der Waals surface area contributed by atoms with Crippen molar-refractivity contribution in [2.24, 2.45) is 0 Å². The van der Waals surface area contributed by atoms with Crippen LogP contribution in [0, 0.1) is 0 Å². The first-order valence-corrected chi connectivity index (χ1v) is 6.99. The topological polar surface area (TPSA) is 98.0 Å². The lowest BCUT2D eigenvalue weighted by Gasteiger charge is -2.21. The Morgan fingerprint density at radius 3 is 2.08 bits per heavy atom. The van der Waals surface area contributed by atoms with Gasteiger partial charge in [-0.15, -0.1) is 0 Å². The summed E-state index contributed by atoms with van der Waals surface area (Å²) in [6.45, 7) is 2.75. The van der Waals surface area contributed by atoms with Gasteiger partial charge in [0.25, 0.3) is 0 Å². The summed E-state index contributed by atoms with van der Waals surface area (Å²) in [5.74, 6) is 0. The van der Waals surface area contributed by atoms with Crippen molar-refractivity contribution in [3.8, 4) is 0 Å². The molecule has 0 aromatic carbocycles.